The molecule has 22 heavy (non-hydrogen) atoms. The number of nitrogens with one attached hydrogen (secondary N) is 1. The van der Waals surface area contributed by atoms with Crippen LogP contribution < -0.4 is 5.32 Å². The molecule has 0 radical (unpaired) electrons. The van der Waals surface area contributed by atoms with Gasteiger partial charge >= 0.3 is 5.97 Å². The SMILES string of the molecule is COC(=O)c1ccc([C@@H](N2CCNCC2)C(F)(F)CO)cc1. The molecule has 5 nitrogen and oxygen atoms in total. The lowest BCUT2D eigenvalue weighted by Gasteiger charge is -2.38. The summed E-state index contributed by atoms with van der Waals surface area (Å²) in [7, 11) is 1.26. The van der Waals surface area contributed by atoms with Crippen LogP contribution in [0.4, 0.5) is 8.78 Å². The molecule has 1 aliphatic heterocycles. The van der Waals surface area contributed by atoms with Gasteiger partial charge in [0.25, 0.3) is 5.92 Å². The quantitative estimate of drug-likeness (QED) is 0.796. The first-order valence-corrected chi connectivity index (χ1v) is 7.11. The smallest absolute Gasteiger partial charge is 0.337 e. The van der Waals surface area contributed by atoms with Crippen molar-refractivity contribution in [3.05, 3.63) is 35.4 Å². The molecule has 0 spiro atoms. The number of hydrogen-bond acceptors (Lipinski definition) is 5. The summed E-state index contributed by atoms with van der Waals surface area (Å²) in [5.74, 6) is -3.77. The molecule has 0 aliphatic carbocycles. The van der Waals surface area contributed by atoms with Crippen molar-refractivity contribution in [3.8, 4) is 0 Å². The number of esters is 1. The molecule has 1 aliphatic rings. The van der Waals surface area contributed by atoms with E-state index >= 15 is 0 Å². The molecular weight excluding hydrogens is 294 g/mol. The topological polar surface area (TPSA) is 61.8 Å². The van der Waals surface area contributed by atoms with Crippen LogP contribution in [0.15, 0.2) is 24.3 Å². The van der Waals surface area contributed by atoms with E-state index in [9.17, 15) is 13.6 Å². The Kier molecular flexibility index (Phi) is 5.44. The highest BCUT2D eigenvalue weighted by Gasteiger charge is 2.43. The van der Waals surface area contributed by atoms with Gasteiger partial charge in [-0.1, -0.05) is 12.1 Å². The lowest BCUT2D eigenvalue weighted by molar-refractivity contribution is -0.118. The zero-order valence-electron chi connectivity index (χ0n) is 12.4. The van der Waals surface area contributed by atoms with Crippen LogP contribution >= 0.6 is 0 Å². The fraction of sp³-hybridized carbons (Fsp3) is 0.533. The van der Waals surface area contributed by atoms with Crippen LogP contribution in [-0.2, 0) is 4.74 Å². The van der Waals surface area contributed by atoms with Crippen molar-refractivity contribution >= 4 is 5.97 Å². The third-order valence-corrected chi connectivity index (χ3v) is 3.78. The summed E-state index contributed by atoms with van der Waals surface area (Å²) in [5, 5.41) is 12.2. The number of nitrogens with zero attached hydrogens (tertiary/aromatic N) is 1. The van der Waals surface area contributed by atoms with Gasteiger partial charge in [-0.05, 0) is 17.7 Å². The van der Waals surface area contributed by atoms with Crippen LogP contribution in [0, 0.1) is 0 Å². The van der Waals surface area contributed by atoms with E-state index in [0.29, 0.717) is 37.3 Å². The van der Waals surface area contributed by atoms with Crippen LogP contribution in [0.2, 0.25) is 0 Å². The average Bonchev–Trinajstić information content (AvgIpc) is 2.56. The van der Waals surface area contributed by atoms with Crippen LogP contribution in [-0.4, -0.2) is 61.8 Å². The van der Waals surface area contributed by atoms with Gasteiger partial charge < -0.3 is 15.2 Å². The molecule has 0 saturated carbocycles. The maximum absolute atomic E-state index is 14.2. The molecule has 1 heterocycles. The summed E-state index contributed by atoms with van der Waals surface area (Å²) in [4.78, 5) is 13.1. The zero-order chi connectivity index (χ0) is 16.2. The molecule has 1 fully saturated rings. The van der Waals surface area contributed by atoms with Gasteiger partial charge in [-0.3, -0.25) is 4.90 Å². The molecule has 1 atom stereocenters. The van der Waals surface area contributed by atoms with Crippen molar-refractivity contribution in [3.63, 3.8) is 0 Å². The summed E-state index contributed by atoms with van der Waals surface area (Å²) in [6.07, 6.45) is 0. The first kappa shape index (κ1) is 16.8. The predicted molar refractivity (Wildman–Crippen MR) is 77.0 cm³/mol. The van der Waals surface area contributed by atoms with E-state index in [4.69, 9.17) is 5.11 Å². The Morgan fingerprint density at radius 1 is 1.36 bits per heavy atom. The number of aliphatic hydroxyl groups excluding tert-OH is 1. The summed E-state index contributed by atoms with van der Waals surface area (Å²) in [6, 6.07) is 4.69. The van der Waals surface area contributed by atoms with Crippen LogP contribution in [0.3, 0.4) is 0 Å². The minimum Gasteiger partial charge on any atom is -0.465 e. The molecule has 2 N–H and O–H groups in total. The highest BCUT2D eigenvalue weighted by atomic mass is 19.3. The number of carbonyl (C=O) groups is 1. The van der Waals surface area contributed by atoms with Crippen molar-refractivity contribution in [2.45, 2.75) is 12.0 Å². The Morgan fingerprint density at radius 3 is 2.45 bits per heavy atom. The monoisotopic (exact) mass is 314 g/mol. The lowest BCUT2D eigenvalue weighted by Crippen LogP contribution is -2.51. The Balaban J connectivity index is 2.30. The Labute approximate surface area is 127 Å². The van der Waals surface area contributed by atoms with Crippen LogP contribution in [0.5, 0.6) is 0 Å². The number of alkyl halides is 2. The highest BCUT2D eigenvalue weighted by molar-refractivity contribution is 5.89. The van der Waals surface area contributed by atoms with E-state index in [-0.39, 0.29) is 0 Å². The standard InChI is InChI=1S/C15H20F2N2O3/c1-22-14(21)12-4-2-11(3-5-12)13(15(16,17)10-20)19-8-6-18-7-9-19/h2-5,13,18,20H,6-10H2,1H3/t13-/m1/s1. The third kappa shape index (κ3) is 3.60. The molecule has 1 aromatic rings. The van der Waals surface area contributed by atoms with Crippen molar-refractivity contribution < 1.29 is 23.4 Å². The number of ether oxygens (including phenoxy) is 1. The number of benzene rings is 1. The number of rotatable bonds is 5. The third-order valence-electron chi connectivity index (χ3n) is 3.78. The summed E-state index contributed by atoms with van der Waals surface area (Å²) in [5.41, 5.74) is 0.672. The van der Waals surface area contributed by atoms with E-state index in [1.165, 1.54) is 31.4 Å². The van der Waals surface area contributed by atoms with Crippen molar-refractivity contribution in [1.82, 2.24) is 10.2 Å². The molecule has 2 rings (SSSR count). The van der Waals surface area contributed by atoms with Gasteiger partial charge in [0.15, 0.2) is 0 Å². The second-order valence-corrected chi connectivity index (χ2v) is 5.22. The fourth-order valence-electron chi connectivity index (χ4n) is 2.67. The largest absolute Gasteiger partial charge is 0.465 e. The maximum Gasteiger partial charge on any atom is 0.337 e. The molecule has 1 aromatic carbocycles. The second kappa shape index (κ2) is 7.13. The summed E-state index contributed by atoms with van der Waals surface area (Å²) < 4.78 is 33.0. The Hall–Kier alpha value is -1.57. The first-order valence-electron chi connectivity index (χ1n) is 7.11. The molecular formula is C15H20F2N2O3. The van der Waals surface area contributed by atoms with Crippen molar-refractivity contribution in [2.24, 2.45) is 0 Å². The molecule has 0 amide bonds. The molecule has 0 aromatic heterocycles. The van der Waals surface area contributed by atoms with Gasteiger partial charge in [0, 0.05) is 26.2 Å². The highest BCUT2D eigenvalue weighted by Crippen LogP contribution is 2.36. The average molecular weight is 314 g/mol. The van der Waals surface area contributed by atoms with E-state index < -0.39 is 24.5 Å². The van der Waals surface area contributed by atoms with Gasteiger partial charge in [0.1, 0.15) is 12.6 Å². The van der Waals surface area contributed by atoms with Gasteiger partial charge in [-0.15, -0.1) is 0 Å². The van der Waals surface area contributed by atoms with Gasteiger partial charge in [-0.25, -0.2) is 13.6 Å². The maximum atomic E-state index is 14.2. The summed E-state index contributed by atoms with van der Waals surface area (Å²) >= 11 is 0. The van der Waals surface area contributed by atoms with E-state index in [0.717, 1.165) is 0 Å². The fourth-order valence-corrected chi connectivity index (χ4v) is 2.67. The van der Waals surface area contributed by atoms with Crippen molar-refractivity contribution in [1.29, 1.82) is 0 Å². The molecule has 1 saturated heterocycles. The Bertz CT molecular complexity index is 502. The van der Waals surface area contributed by atoms with Crippen molar-refractivity contribution in [2.75, 3.05) is 39.9 Å². The molecule has 7 heteroatoms. The van der Waals surface area contributed by atoms with Crippen LogP contribution in [0.1, 0.15) is 22.0 Å². The predicted octanol–water partition coefficient (Wildman–Crippen LogP) is 1.05. The van der Waals surface area contributed by atoms with E-state index in [1.807, 2.05) is 0 Å². The Morgan fingerprint density at radius 2 is 1.95 bits per heavy atom. The first-order chi connectivity index (χ1) is 10.5. The van der Waals surface area contributed by atoms with Gasteiger partial charge in [0.2, 0.25) is 0 Å². The van der Waals surface area contributed by atoms with Gasteiger partial charge in [0.05, 0.1) is 12.7 Å². The van der Waals surface area contributed by atoms with Gasteiger partial charge in [-0.2, -0.15) is 0 Å². The molecule has 0 bridgehead atoms. The number of methoxy groups -OCH3 is 1. The number of piperazine rings is 1. The molecule has 122 valence electrons. The van der Waals surface area contributed by atoms with Crippen LogP contribution in [0.25, 0.3) is 0 Å². The zero-order valence-corrected chi connectivity index (χ0v) is 12.4. The number of carbonyl (C=O) groups excluding carboxylic acids is 1. The molecule has 0 unspecified atom stereocenters. The summed E-state index contributed by atoms with van der Waals surface area (Å²) in [6.45, 7) is 0.967. The minimum absolute atomic E-state index is 0.303. The van der Waals surface area contributed by atoms with E-state index in [2.05, 4.69) is 10.1 Å². The second-order valence-electron chi connectivity index (χ2n) is 5.22. The number of halogens is 2. The lowest BCUT2D eigenvalue weighted by atomic mass is 9.97. The number of aliphatic hydroxyl groups is 1. The minimum atomic E-state index is -3.26. The normalized spacial score (nSPS) is 18.0. The van der Waals surface area contributed by atoms with E-state index in [1.54, 1.807) is 4.90 Å². The number of hydrogen-bond donors (Lipinski definition) is 2.